The molecule has 1 N–H and O–H groups in total. The zero-order valence-electron chi connectivity index (χ0n) is 5.38. The molecule has 0 amide bonds. The number of fused-ring (bicyclic) bond motifs is 2. The molecule has 1 unspecified atom stereocenters. The number of hydrogen-bond donors (Lipinski definition) is 1. The smallest absolute Gasteiger partial charge is 0.0466 e. The molecular formula is C7H11NO. The first-order valence-electron chi connectivity index (χ1n) is 3.53. The van der Waals surface area contributed by atoms with Gasteiger partial charge in [-0.15, -0.1) is 0 Å². The summed E-state index contributed by atoms with van der Waals surface area (Å²) in [7, 11) is 0. The maximum Gasteiger partial charge on any atom is 0.0466 e. The summed E-state index contributed by atoms with van der Waals surface area (Å²) in [6.07, 6.45) is 2.24. The molecular weight excluding hydrogens is 114 g/mol. The van der Waals surface area contributed by atoms with Crippen molar-refractivity contribution in [2.24, 2.45) is 16.8 Å². The van der Waals surface area contributed by atoms with Gasteiger partial charge in [0.05, 0.1) is 0 Å². The molecule has 0 radical (unpaired) electrons. The van der Waals surface area contributed by atoms with E-state index in [2.05, 4.69) is 4.99 Å². The first kappa shape index (κ1) is 5.42. The van der Waals surface area contributed by atoms with E-state index in [1.54, 1.807) is 0 Å². The highest BCUT2D eigenvalue weighted by atomic mass is 16.3. The summed E-state index contributed by atoms with van der Waals surface area (Å²) in [6, 6.07) is 0. The number of rotatable bonds is 1. The Kier molecular flexibility index (Phi) is 1.09. The van der Waals surface area contributed by atoms with Crippen LogP contribution in [0.2, 0.25) is 0 Å². The average Bonchev–Trinajstić information content (AvgIpc) is 2.45. The molecule has 50 valence electrons. The van der Waals surface area contributed by atoms with Crippen molar-refractivity contribution in [3.63, 3.8) is 0 Å². The Balaban J connectivity index is 2.12. The summed E-state index contributed by atoms with van der Waals surface area (Å²) < 4.78 is 0. The van der Waals surface area contributed by atoms with E-state index in [1.165, 1.54) is 12.1 Å². The average molecular weight is 125 g/mol. The molecule has 2 nitrogen and oxygen atoms in total. The number of hydrogen-bond acceptors (Lipinski definition) is 2. The van der Waals surface area contributed by atoms with Gasteiger partial charge in [0.15, 0.2) is 0 Å². The number of aliphatic hydroxyl groups excluding tert-OH is 1. The molecule has 0 aromatic carbocycles. The van der Waals surface area contributed by atoms with Gasteiger partial charge >= 0.3 is 0 Å². The van der Waals surface area contributed by atoms with Gasteiger partial charge in [-0.25, -0.2) is 0 Å². The summed E-state index contributed by atoms with van der Waals surface area (Å²) in [5.41, 5.74) is 1.35. The van der Waals surface area contributed by atoms with Crippen LogP contribution in [0.3, 0.4) is 0 Å². The third-order valence-electron chi connectivity index (χ3n) is 2.45. The number of aliphatic imine (C=N–C) groups is 1. The number of nitrogens with zero attached hydrogens (tertiary/aromatic N) is 1. The molecule has 2 atom stereocenters. The zero-order valence-corrected chi connectivity index (χ0v) is 5.38. The van der Waals surface area contributed by atoms with Crippen LogP contribution in [-0.2, 0) is 0 Å². The third-order valence-corrected chi connectivity index (χ3v) is 2.45. The van der Waals surface area contributed by atoms with Gasteiger partial charge in [-0.05, 0) is 24.7 Å². The van der Waals surface area contributed by atoms with Gasteiger partial charge in [0.2, 0.25) is 0 Å². The van der Waals surface area contributed by atoms with E-state index >= 15 is 0 Å². The van der Waals surface area contributed by atoms with Crippen molar-refractivity contribution in [1.82, 2.24) is 0 Å². The molecule has 1 fully saturated rings. The minimum absolute atomic E-state index is 0.365. The summed E-state index contributed by atoms with van der Waals surface area (Å²) >= 11 is 0. The van der Waals surface area contributed by atoms with Gasteiger partial charge in [0, 0.05) is 18.9 Å². The monoisotopic (exact) mass is 125 g/mol. The SMILES string of the molecule is OCC1CC2=NC[C@H]1C2. The topological polar surface area (TPSA) is 32.6 Å². The maximum absolute atomic E-state index is 8.83. The van der Waals surface area contributed by atoms with E-state index in [0.29, 0.717) is 18.4 Å². The normalized spacial score (nSPS) is 39.4. The lowest BCUT2D eigenvalue weighted by molar-refractivity contribution is 0.197. The van der Waals surface area contributed by atoms with Gasteiger partial charge < -0.3 is 5.11 Å². The molecule has 1 aliphatic heterocycles. The molecule has 0 saturated heterocycles. The second-order valence-corrected chi connectivity index (χ2v) is 3.02. The molecule has 0 aromatic rings. The largest absolute Gasteiger partial charge is 0.396 e. The molecule has 1 heterocycles. The minimum Gasteiger partial charge on any atom is -0.396 e. The Morgan fingerprint density at radius 3 is 2.78 bits per heavy atom. The van der Waals surface area contributed by atoms with Crippen LogP contribution in [0.5, 0.6) is 0 Å². The van der Waals surface area contributed by atoms with E-state index in [-0.39, 0.29) is 0 Å². The van der Waals surface area contributed by atoms with Crippen molar-refractivity contribution in [2.45, 2.75) is 12.8 Å². The summed E-state index contributed by atoms with van der Waals surface area (Å²) in [4.78, 5) is 4.31. The van der Waals surface area contributed by atoms with Crippen LogP contribution in [0.1, 0.15) is 12.8 Å². The standard InChI is InChI=1S/C7H11NO/c9-4-6-2-7-1-5(6)3-8-7/h5-6,9H,1-4H2/t5-,6?/m1/s1. The van der Waals surface area contributed by atoms with E-state index in [0.717, 1.165) is 13.0 Å². The first-order chi connectivity index (χ1) is 4.40. The Morgan fingerprint density at radius 2 is 2.44 bits per heavy atom. The highest BCUT2D eigenvalue weighted by molar-refractivity contribution is 5.88. The molecule has 0 spiro atoms. The molecule has 1 aliphatic carbocycles. The van der Waals surface area contributed by atoms with Crippen LogP contribution in [0.4, 0.5) is 0 Å². The molecule has 9 heavy (non-hydrogen) atoms. The van der Waals surface area contributed by atoms with Crippen molar-refractivity contribution in [1.29, 1.82) is 0 Å². The van der Waals surface area contributed by atoms with E-state index < -0.39 is 0 Å². The van der Waals surface area contributed by atoms with Gasteiger partial charge in [0.25, 0.3) is 0 Å². The Hall–Kier alpha value is -0.370. The quantitative estimate of drug-likeness (QED) is 0.542. The predicted molar refractivity (Wildman–Crippen MR) is 35.6 cm³/mol. The van der Waals surface area contributed by atoms with Crippen molar-refractivity contribution in [3.8, 4) is 0 Å². The van der Waals surface area contributed by atoms with Gasteiger partial charge in [-0.1, -0.05) is 0 Å². The molecule has 1 saturated carbocycles. The Labute approximate surface area is 54.6 Å². The molecule has 2 bridgehead atoms. The van der Waals surface area contributed by atoms with Gasteiger partial charge in [-0.2, -0.15) is 0 Å². The fraction of sp³-hybridized carbons (Fsp3) is 0.857. The first-order valence-corrected chi connectivity index (χ1v) is 3.53. The molecule has 2 aliphatic rings. The zero-order chi connectivity index (χ0) is 6.27. The Bertz CT molecular complexity index is 153. The highest BCUT2D eigenvalue weighted by Gasteiger charge is 2.34. The summed E-state index contributed by atoms with van der Waals surface area (Å²) in [5, 5.41) is 8.83. The lowest BCUT2D eigenvalue weighted by atomic mass is 9.97. The lowest BCUT2D eigenvalue weighted by Crippen LogP contribution is -2.15. The van der Waals surface area contributed by atoms with Crippen LogP contribution in [0, 0.1) is 11.8 Å². The van der Waals surface area contributed by atoms with Gasteiger partial charge in [0.1, 0.15) is 0 Å². The van der Waals surface area contributed by atoms with Crippen LogP contribution in [-0.4, -0.2) is 24.0 Å². The van der Waals surface area contributed by atoms with Crippen molar-refractivity contribution >= 4 is 5.71 Å². The predicted octanol–water partition coefficient (Wildman–Crippen LogP) is 0.460. The van der Waals surface area contributed by atoms with E-state index in [1.807, 2.05) is 0 Å². The lowest BCUT2D eigenvalue weighted by Gasteiger charge is -2.13. The van der Waals surface area contributed by atoms with Crippen molar-refractivity contribution in [2.75, 3.05) is 13.2 Å². The second kappa shape index (κ2) is 1.81. The highest BCUT2D eigenvalue weighted by Crippen LogP contribution is 2.34. The van der Waals surface area contributed by atoms with Crippen LogP contribution in [0.15, 0.2) is 4.99 Å². The van der Waals surface area contributed by atoms with Gasteiger partial charge in [-0.3, -0.25) is 4.99 Å². The van der Waals surface area contributed by atoms with Crippen molar-refractivity contribution < 1.29 is 5.11 Å². The van der Waals surface area contributed by atoms with Crippen LogP contribution in [0.25, 0.3) is 0 Å². The van der Waals surface area contributed by atoms with Crippen LogP contribution < -0.4 is 0 Å². The minimum atomic E-state index is 0.365. The molecule has 2 heteroatoms. The van der Waals surface area contributed by atoms with E-state index in [4.69, 9.17) is 5.11 Å². The Morgan fingerprint density at radius 1 is 1.56 bits per heavy atom. The van der Waals surface area contributed by atoms with E-state index in [9.17, 15) is 0 Å². The number of aliphatic hydroxyl groups is 1. The fourth-order valence-corrected chi connectivity index (χ4v) is 1.82. The summed E-state index contributed by atoms with van der Waals surface area (Å²) in [5.74, 6) is 1.25. The molecule has 2 rings (SSSR count). The van der Waals surface area contributed by atoms with Crippen LogP contribution >= 0.6 is 0 Å². The fourth-order valence-electron chi connectivity index (χ4n) is 1.82. The maximum atomic E-state index is 8.83. The molecule has 0 aromatic heterocycles. The second-order valence-electron chi connectivity index (χ2n) is 3.02. The third kappa shape index (κ3) is 0.697. The van der Waals surface area contributed by atoms with Crippen molar-refractivity contribution in [3.05, 3.63) is 0 Å². The summed E-state index contributed by atoms with van der Waals surface area (Å²) in [6.45, 7) is 1.35.